The van der Waals surface area contributed by atoms with E-state index in [1.807, 2.05) is 27.7 Å². The maximum absolute atomic E-state index is 13.9. The van der Waals surface area contributed by atoms with Gasteiger partial charge in [0.05, 0.1) is 11.2 Å². The van der Waals surface area contributed by atoms with E-state index in [-0.39, 0.29) is 5.46 Å². The van der Waals surface area contributed by atoms with E-state index in [4.69, 9.17) is 9.31 Å². The zero-order valence-corrected chi connectivity index (χ0v) is 13.8. The maximum Gasteiger partial charge on any atom is 0.498 e. The topological polar surface area (TPSA) is 36.3 Å². The zero-order valence-electron chi connectivity index (χ0n) is 13.8. The van der Waals surface area contributed by atoms with Crippen LogP contribution >= 0.6 is 0 Å². The van der Waals surface area contributed by atoms with Crippen molar-refractivity contribution in [1.82, 2.24) is 9.78 Å². The van der Waals surface area contributed by atoms with Crippen molar-refractivity contribution in [3.8, 4) is 5.69 Å². The molecule has 0 amide bonds. The molecule has 1 fully saturated rings. The van der Waals surface area contributed by atoms with Crippen LogP contribution in [0.5, 0.6) is 0 Å². The summed E-state index contributed by atoms with van der Waals surface area (Å²) >= 11 is 0. The minimum Gasteiger partial charge on any atom is -0.399 e. The molecule has 0 radical (unpaired) electrons. The number of hydrogen-bond acceptors (Lipinski definition) is 3. The molecule has 0 saturated carbocycles. The summed E-state index contributed by atoms with van der Waals surface area (Å²) in [7, 11) is -0.889. The molecular formula is C15H14BF5N2O2. The molecule has 10 heteroatoms. The molecule has 4 nitrogen and oxygen atoms in total. The molecule has 2 aromatic rings. The summed E-state index contributed by atoms with van der Waals surface area (Å²) < 4.78 is 79.7. The lowest BCUT2D eigenvalue weighted by Crippen LogP contribution is -2.41. The Labute approximate surface area is 140 Å². The van der Waals surface area contributed by atoms with Crippen molar-refractivity contribution in [2.24, 2.45) is 0 Å². The van der Waals surface area contributed by atoms with Gasteiger partial charge in [-0.15, -0.1) is 0 Å². The second-order valence-corrected chi connectivity index (χ2v) is 6.73. The first kappa shape index (κ1) is 17.9. The molecule has 0 bridgehead atoms. The van der Waals surface area contributed by atoms with Crippen molar-refractivity contribution in [1.29, 1.82) is 0 Å². The van der Waals surface area contributed by atoms with Gasteiger partial charge in [-0.05, 0) is 27.7 Å². The fourth-order valence-electron chi connectivity index (χ4n) is 2.35. The molecule has 1 saturated heterocycles. The van der Waals surface area contributed by atoms with Crippen LogP contribution in [0.15, 0.2) is 12.4 Å². The zero-order chi connectivity index (χ0) is 18.7. The highest BCUT2D eigenvalue weighted by atomic mass is 19.2. The van der Waals surface area contributed by atoms with Crippen LogP contribution in [0.4, 0.5) is 22.0 Å². The van der Waals surface area contributed by atoms with Crippen molar-refractivity contribution in [3.63, 3.8) is 0 Å². The van der Waals surface area contributed by atoms with E-state index < -0.39 is 53.1 Å². The first-order chi connectivity index (χ1) is 11.5. The maximum atomic E-state index is 13.9. The van der Waals surface area contributed by atoms with Gasteiger partial charge in [0, 0.05) is 17.9 Å². The van der Waals surface area contributed by atoms with Gasteiger partial charge >= 0.3 is 7.12 Å². The standard InChI is InChI=1S/C15H14BF5N2O2/c1-14(2)15(3,4)25-16(24-14)7-5-22-23(6-7)13-11(20)9(18)8(17)10(19)12(13)21/h5-6H,1-4H3. The lowest BCUT2D eigenvalue weighted by atomic mass is 9.82. The van der Waals surface area contributed by atoms with Crippen LogP contribution in [0.2, 0.25) is 0 Å². The molecule has 0 unspecified atom stereocenters. The van der Waals surface area contributed by atoms with Crippen LogP contribution in [0.1, 0.15) is 27.7 Å². The van der Waals surface area contributed by atoms with E-state index in [0.717, 1.165) is 6.20 Å². The summed E-state index contributed by atoms with van der Waals surface area (Å²) in [6.45, 7) is 7.23. The largest absolute Gasteiger partial charge is 0.498 e. The summed E-state index contributed by atoms with van der Waals surface area (Å²) in [4.78, 5) is 0. The highest BCUT2D eigenvalue weighted by molar-refractivity contribution is 6.62. The molecule has 1 aliphatic rings. The SMILES string of the molecule is CC1(C)OB(c2cnn(-c3c(F)c(F)c(F)c(F)c3F)c2)OC1(C)C. The molecule has 1 aliphatic heterocycles. The Morgan fingerprint density at radius 3 is 1.76 bits per heavy atom. The number of halogens is 5. The Balaban J connectivity index is 2.02. The van der Waals surface area contributed by atoms with E-state index in [0.29, 0.717) is 4.68 Å². The molecule has 1 aromatic carbocycles. The number of aromatic nitrogens is 2. The van der Waals surface area contributed by atoms with E-state index in [9.17, 15) is 22.0 Å². The van der Waals surface area contributed by atoms with Gasteiger partial charge in [0.15, 0.2) is 23.3 Å². The molecule has 0 N–H and O–H groups in total. The first-order valence-electron chi connectivity index (χ1n) is 7.38. The molecule has 134 valence electrons. The van der Waals surface area contributed by atoms with Gasteiger partial charge in [0.2, 0.25) is 5.82 Å². The third kappa shape index (κ3) is 2.63. The van der Waals surface area contributed by atoms with Crippen LogP contribution in [0, 0.1) is 29.1 Å². The normalized spacial score (nSPS) is 18.8. The Hall–Kier alpha value is -1.94. The Bertz CT molecular complexity index is 808. The molecule has 3 rings (SSSR count). The van der Waals surface area contributed by atoms with Gasteiger partial charge in [-0.25, -0.2) is 26.6 Å². The van der Waals surface area contributed by atoms with Gasteiger partial charge in [0.1, 0.15) is 5.69 Å². The van der Waals surface area contributed by atoms with Gasteiger partial charge < -0.3 is 9.31 Å². The fourth-order valence-corrected chi connectivity index (χ4v) is 2.35. The third-order valence-corrected chi connectivity index (χ3v) is 4.54. The number of benzene rings is 1. The third-order valence-electron chi connectivity index (χ3n) is 4.54. The summed E-state index contributed by atoms with van der Waals surface area (Å²) in [6.07, 6.45) is 2.28. The van der Waals surface area contributed by atoms with E-state index >= 15 is 0 Å². The average molecular weight is 360 g/mol. The molecule has 0 spiro atoms. The van der Waals surface area contributed by atoms with Crippen molar-refractivity contribution in [3.05, 3.63) is 41.5 Å². The second kappa shape index (κ2) is 5.53. The number of nitrogens with zero attached hydrogens (tertiary/aromatic N) is 2. The average Bonchev–Trinajstić information content (AvgIpc) is 3.07. The van der Waals surface area contributed by atoms with Crippen LogP contribution < -0.4 is 5.46 Å². The summed E-state index contributed by atoms with van der Waals surface area (Å²) in [5, 5.41) is 3.68. The monoisotopic (exact) mass is 360 g/mol. The molecule has 1 aromatic heterocycles. The van der Waals surface area contributed by atoms with E-state index in [1.54, 1.807) is 0 Å². The van der Waals surface area contributed by atoms with Crippen LogP contribution in [-0.2, 0) is 9.31 Å². The lowest BCUT2D eigenvalue weighted by Gasteiger charge is -2.32. The Morgan fingerprint density at radius 1 is 0.840 bits per heavy atom. The lowest BCUT2D eigenvalue weighted by molar-refractivity contribution is 0.00578. The summed E-state index contributed by atoms with van der Waals surface area (Å²) in [5.41, 5.74) is -2.21. The van der Waals surface area contributed by atoms with Crippen molar-refractivity contribution in [2.45, 2.75) is 38.9 Å². The highest BCUT2D eigenvalue weighted by Crippen LogP contribution is 2.36. The Kier molecular flexibility index (Phi) is 3.96. The van der Waals surface area contributed by atoms with Gasteiger partial charge in [-0.2, -0.15) is 5.10 Å². The molecule has 0 aliphatic carbocycles. The van der Waals surface area contributed by atoms with Crippen LogP contribution in [-0.4, -0.2) is 28.1 Å². The molecule has 0 atom stereocenters. The van der Waals surface area contributed by atoms with Crippen molar-refractivity contribution in [2.75, 3.05) is 0 Å². The summed E-state index contributed by atoms with van der Waals surface area (Å²) in [5.74, 6) is -10.2. The van der Waals surface area contributed by atoms with Crippen molar-refractivity contribution < 1.29 is 31.3 Å². The minimum absolute atomic E-state index is 0.280. The minimum atomic E-state index is -2.22. The molecule has 25 heavy (non-hydrogen) atoms. The molecule has 2 heterocycles. The van der Waals surface area contributed by atoms with Gasteiger partial charge in [0.25, 0.3) is 0 Å². The smallest absolute Gasteiger partial charge is 0.399 e. The quantitative estimate of drug-likeness (QED) is 0.358. The predicted molar refractivity (Wildman–Crippen MR) is 79.1 cm³/mol. The highest BCUT2D eigenvalue weighted by Gasteiger charge is 2.52. The van der Waals surface area contributed by atoms with Gasteiger partial charge in [-0.1, -0.05) is 0 Å². The predicted octanol–water partition coefficient (Wildman–Crippen LogP) is 2.87. The van der Waals surface area contributed by atoms with Crippen molar-refractivity contribution >= 4 is 12.6 Å². The first-order valence-corrected chi connectivity index (χ1v) is 7.38. The number of hydrogen-bond donors (Lipinski definition) is 0. The van der Waals surface area contributed by atoms with Crippen LogP contribution in [0.3, 0.4) is 0 Å². The van der Waals surface area contributed by atoms with Crippen LogP contribution in [0.25, 0.3) is 5.69 Å². The second-order valence-electron chi connectivity index (χ2n) is 6.73. The number of rotatable bonds is 2. The molecular weight excluding hydrogens is 346 g/mol. The summed E-state index contributed by atoms with van der Waals surface area (Å²) in [6, 6.07) is 0. The van der Waals surface area contributed by atoms with E-state index in [1.165, 1.54) is 6.20 Å². The van der Waals surface area contributed by atoms with E-state index in [2.05, 4.69) is 5.10 Å². The Morgan fingerprint density at radius 2 is 1.28 bits per heavy atom. The fraction of sp³-hybridized carbons (Fsp3) is 0.400. The van der Waals surface area contributed by atoms with Gasteiger partial charge in [-0.3, -0.25) is 0 Å².